The van der Waals surface area contributed by atoms with Crippen molar-refractivity contribution >= 4 is 5.82 Å². The Kier molecular flexibility index (Phi) is 4.75. The van der Waals surface area contributed by atoms with Gasteiger partial charge in [-0.1, -0.05) is 0 Å². The van der Waals surface area contributed by atoms with Crippen molar-refractivity contribution in [2.45, 2.75) is 32.2 Å². The lowest BCUT2D eigenvalue weighted by Gasteiger charge is -2.19. The van der Waals surface area contributed by atoms with Crippen molar-refractivity contribution < 1.29 is 4.74 Å². The van der Waals surface area contributed by atoms with Gasteiger partial charge in [-0.2, -0.15) is 4.98 Å². The van der Waals surface area contributed by atoms with Crippen molar-refractivity contribution in [3.05, 3.63) is 12.4 Å². The molecular formula is C13H22N4O. The fourth-order valence-corrected chi connectivity index (χ4v) is 2.33. The smallest absolute Gasteiger partial charge is 0.234 e. The minimum Gasteiger partial charge on any atom is -0.476 e. The summed E-state index contributed by atoms with van der Waals surface area (Å²) in [6.07, 6.45) is 7.02. The number of hydrogen-bond acceptors (Lipinski definition) is 5. The number of anilines is 1. The van der Waals surface area contributed by atoms with E-state index in [0.717, 1.165) is 18.8 Å². The maximum atomic E-state index is 5.66. The molecule has 1 N–H and O–H groups in total. The van der Waals surface area contributed by atoms with Gasteiger partial charge in [0.2, 0.25) is 5.88 Å². The third kappa shape index (κ3) is 3.57. The zero-order valence-corrected chi connectivity index (χ0v) is 11.2. The van der Waals surface area contributed by atoms with Gasteiger partial charge in [0.25, 0.3) is 0 Å². The second-order valence-electron chi connectivity index (χ2n) is 4.69. The lowest BCUT2D eigenvalue weighted by Crippen LogP contribution is -2.26. The zero-order valence-electron chi connectivity index (χ0n) is 11.2. The molecule has 5 nitrogen and oxygen atoms in total. The van der Waals surface area contributed by atoms with Crippen LogP contribution in [0.3, 0.4) is 0 Å². The molecular weight excluding hydrogens is 228 g/mol. The molecule has 1 fully saturated rings. The van der Waals surface area contributed by atoms with Gasteiger partial charge in [-0.05, 0) is 39.8 Å². The molecule has 1 aliphatic rings. The van der Waals surface area contributed by atoms with Crippen LogP contribution in [0, 0.1) is 0 Å². The first-order valence-corrected chi connectivity index (χ1v) is 6.68. The molecule has 0 aliphatic carbocycles. The summed E-state index contributed by atoms with van der Waals surface area (Å²) in [4.78, 5) is 10.9. The molecule has 100 valence electrons. The van der Waals surface area contributed by atoms with Crippen LogP contribution in [0.15, 0.2) is 12.4 Å². The summed E-state index contributed by atoms with van der Waals surface area (Å²) in [5.41, 5.74) is 0. The van der Waals surface area contributed by atoms with Crippen LogP contribution >= 0.6 is 0 Å². The van der Waals surface area contributed by atoms with Crippen molar-refractivity contribution in [2.24, 2.45) is 0 Å². The highest BCUT2D eigenvalue weighted by atomic mass is 16.5. The Balaban J connectivity index is 1.77. The van der Waals surface area contributed by atoms with Crippen molar-refractivity contribution in [3.8, 4) is 5.88 Å². The summed E-state index contributed by atoms with van der Waals surface area (Å²) in [7, 11) is 2.18. The predicted molar refractivity (Wildman–Crippen MR) is 72.0 cm³/mol. The molecule has 0 saturated carbocycles. The second-order valence-corrected chi connectivity index (χ2v) is 4.69. The molecule has 1 atom stereocenters. The molecule has 1 saturated heterocycles. The molecule has 18 heavy (non-hydrogen) atoms. The maximum Gasteiger partial charge on any atom is 0.234 e. The van der Waals surface area contributed by atoms with Crippen LogP contribution in [0.25, 0.3) is 0 Å². The molecule has 1 aliphatic heterocycles. The summed E-state index contributed by atoms with van der Waals surface area (Å²) in [6.45, 7) is 4.79. The van der Waals surface area contributed by atoms with Crippen LogP contribution in [-0.4, -0.2) is 47.7 Å². The van der Waals surface area contributed by atoms with E-state index in [1.807, 2.05) is 6.92 Å². The third-order valence-corrected chi connectivity index (χ3v) is 3.34. The first kappa shape index (κ1) is 13.1. The minimum atomic E-state index is 0.606. The number of aromatic nitrogens is 2. The van der Waals surface area contributed by atoms with Gasteiger partial charge in [-0.15, -0.1) is 0 Å². The highest BCUT2D eigenvalue weighted by Gasteiger charge is 2.20. The fourth-order valence-electron chi connectivity index (χ4n) is 2.33. The Labute approximate surface area is 109 Å². The number of likely N-dealkylation sites (tertiary alicyclic amines) is 1. The molecule has 2 heterocycles. The van der Waals surface area contributed by atoms with E-state index in [4.69, 9.17) is 4.74 Å². The quantitative estimate of drug-likeness (QED) is 0.834. The summed E-state index contributed by atoms with van der Waals surface area (Å²) in [6, 6.07) is 0.662. The molecule has 2 rings (SSSR count). The number of ether oxygens (including phenoxy) is 1. The van der Waals surface area contributed by atoms with Crippen molar-refractivity contribution in [1.29, 1.82) is 0 Å². The molecule has 1 unspecified atom stereocenters. The van der Waals surface area contributed by atoms with Crippen molar-refractivity contribution in [3.63, 3.8) is 0 Å². The van der Waals surface area contributed by atoms with E-state index in [9.17, 15) is 0 Å². The van der Waals surface area contributed by atoms with Gasteiger partial charge in [0.1, 0.15) is 5.82 Å². The standard InChI is InChI=1S/C13H22N4O/c1-3-15-12-9-14-10-13(16-12)18-8-6-11-5-4-7-17(11)2/h9-11H,3-8H2,1-2H3,(H,15,16). The van der Waals surface area contributed by atoms with Gasteiger partial charge < -0.3 is 15.0 Å². The van der Waals surface area contributed by atoms with E-state index in [0.29, 0.717) is 18.5 Å². The highest BCUT2D eigenvalue weighted by molar-refractivity contribution is 5.32. The van der Waals surface area contributed by atoms with E-state index in [1.165, 1.54) is 19.4 Å². The monoisotopic (exact) mass is 250 g/mol. The van der Waals surface area contributed by atoms with Crippen LogP contribution < -0.4 is 10.1 Å². The SMILES string of the molecule is CCNc1cncc(OCCC2CCCN2C)n1. The van der Waals surface area contributed by atoms with Crippen LogP contribution in [-0.2, 0) is 0 Å². The molecule has 1 aromatic heterocycles. The summed E-state index contributed by atoms with van der Waals surface area (Å²) < 4.78 is 5.66. The zero-order chi connectivity index (χ0) is 12.8. The molecule has 0 aromatic carbocycles. The van der Waals surface area contributed by atoms with Gasteiger partial charge in [0.05, 0.1) is 19.0 Å². The Morgan fingerprint density at radius 3 is 3.11 bits per heavy atom. The van der Waals surface area contributed by atoms with E-state index in [-0.39, 0.29) is 0 Å². The summed E-state index contributed by atoms with van der Waals surface area (Å²) in [5.74, 6) is 1.38. The number of nitrogens with one attached hydrogen (secondary N) is 1. The highest BCUT2D eigenvalue weighted by Crippen LogP contribution is 2.18. The van der Waals surface area contributed by atoms with Gasteiger partial charge >= 0.3 is 0 Å². The van der Waals surface area contributed by atoms with Crippen LogP contribution in [0.2, 0.25) is 0 Å². The lowest BCUT2D eigenvalue weighted by atomic mass is 10.1. The second kappa shape index (κ2) is 6.54. The first-order chi connectivity index (χ1) is 8.79. The number of nitrogens with zero attached hydrogens (tertiary/aromatic N) is 3. The van der Waals surface area contributed by atoms with Crippen molar-refractivity contribution in [2.75, 3.05) is 32.1 Å². The van der Waals surface area contributed by atoms with Crippen LogP contribution in [0.4, 0.5) is 5.82 Å². The largest absolute Gasteiger partial charge is 0.476 e. The normalized spacial score (nSPS) is 20.0. The van der Waals surface area contributed by atoms with Gasteiger partial charge in [-0.3, -0.25) is 4.98 Å². The van der Waals surface area contributed by atoms with Gasteiger partial charge in [-0.25, -0.2) is 0 Å². The Hall–Kier alpha value is -1.36. The number of hydrogen-bond donors (Lipinski definition) is 1. The minimum absolute atomic E-state index is 0.606. The number of rotatable bonds is 6. The van der Waals surface area contributed by atoms with E-state index in [1.54, 1.807) is 12.4 Å². The van der Waals surface area contributed by atoms with E-state index >= 15 is 0 Å². The molecule has 0 amide bonds. The van der Waals surface area contributed by atoms with E-state index in [2.05, 4.69) is 27.2 Å². The molecule has 1 aromatic rings. The Morgan fingerprint density at radius 1 is 1.50 bits per heavy atom. The Morgan fingerprint density at radius 2 is 2.39 bits per heavy atom. The topological polar surface area (TPSA) is 50.3 Å². The molecule has 5 heteroatoms. The average Bonchev–Trinajstić information content (AvgIpc) is 2.76. The van der Waals surface area contributed by atoms with Gasteiger partial charge in [0, 0.05) is 12.6 Å². The molecule has 0 radical (unpaired) electrons. The first-order valence-electron chi connectivity index (χ1n) is 6.68. The van der Waals surface area contributed by atoms with Crippen LogP contribution in [0.5, 0.6) is 5.88 Å². The summed E-state index contributed by atoms with van der Waals surface area (Å²) in [5, 5.41) is 3.12. The van der Waals surface area contributed by atoms with Gasteiger partial charge in [0.15, 0.2) is 0 Å². The molecule has 0 spiro atoms. The lowest BCUT2D eigenvalue weighted by molar-refractivity contribution is 0.228. The maximum absolute atomic E-state index is 5.66. The van der Waals surface area contributed by atoms with Crippen molar-refractivity contribution in [1.82, 2.24) is 14.9 Å². The fraction of sp³-hybridized carbons (Fsp3) is 0.692. The predicted octanol–water partition coefficient (Wildman–Crippen LogP) is 1.77. The van der Waals surface area contributed by atoms with Crippen LogP contribution in [0.1, 0.15) is 26.2 Å². The third-order valence-electron chi connectivity index (χ3n) is 3.34. The average molecular weight is 250 g/mol. The Bertz CT molecular complexity index is 372. The summed E-state index contributed by atoms with van der Waals surface area (Å²) >= 11 is 0. The van der Waals surface area contributed by atoms with E-state index < -0.39 is 0 Å². The molecule has 0 bridgehead atoms.